The van der Waals surface area contributed by atoms with Gasteiger partial charge in [-0.1, -0.05) is 15.9 Å². The number of amides is 1. The van der Waals surface area contributed by atoms with E-state index in [2.05, 4.69) is 15.9 Å². The second-order valence-electron chi connectivity index (χ2n) is 2.54. The van der Waals surface area contributed by atoms with Crippen molar-refractivity contribution < 1.29 is 4.79 Å². The standard InChI is InChI=1S/C7H5BrN2OS/c8-5-6(11)10-4(3-9)1-2-12-7(5)10/h1,5,7H,2H2/t5-,7-/m0/s1. The summed E-state index contributed by atoms with van der Waals surface area (Å²) in [4.78, 5) is 12.7. The SMILES string of the molecule is N#CC1=CCS[C@H]2[C@@H](Br)C(=O)N12. The third kappa shape index (κ3) is 0.915. The summed E-state index contributed by atoms with van der Waals surface area (Å²) in [5.74, 6) is 0.819. The van der Waals surface area contributed by atoms with Crippen LogP contribution >= 0.6 is 27.7 Å². The summed E-state index contributed by atoms with van der Waals surface area (Å²) in [6, 6.07) is 2.02. The maximum absolute atomic E-state index is 11.2. The quantitative estimate of drug-likeness (QED) is 0.473. The Labute approximate surface area is 82.5 Å². The molecule has 2 aliphatic heterocycles. The summed E-state index contributed by atoms with van der Waals surface area (Å²) < 4.78 is 0. The van der Waals surface area contributed by atoms with Gasteiger partial charge < -0.3 is 0 Å². The molecule has 2 heterocycles. The number of halogens is 1. The van der Waals surface area contributed by atoms with E-state index in [0.717, 1.165) is 5.75 Å². The maximum atomic E-state index is 11.2. The predicted octanol–water partition coefficient (Wildman–Crippen LogP) is 1.07. The first kappa shape index (κ1) is 8.14. The number of alkyl halides is 1. The number of nitriles is 1. The lowest BCUT2D eigenvalue weighted by Crippen LogP contribution is -2.60. The molecule has 1 amide bonds. The second kappa shape index (κ2) is 2.79. The van der Waals surface area contributed by atoms with Gasteiger partial charge in [-0.15, -0.1) is 11.8 Å². The van der Waals surface area contributed by atoms with Crippen molar-refractivity contribution in [2.24, 2.45) is 0 Å². The van der Waals surface area contributed by atoms with Crippen LogP contribution in [0.3, 0.4) is 0 Å². The highest BCUT2D eigenvalue weighted by Crippen LogP contribution is 2.40. The molecule has 0 N–H and O–H groups in total. The van der Waals surface area contributed by atoms with Gasteiger partial charge in [0, 0.05) is 5.75 Å². The molecule has 0 bridgehead atoms. The zero-order valence-corrected chi connectivity index (χ0v) is 8.43. The topological polar surface area (TPSA) is 44.1 Å². The Balaban J connectivity index is 2.28. The van der Waals surface area contributed by atoms with Crippen molar-refractivity contribution in [3.8, 4) is 6.07 Å². The Bertz CT molecular complexity index is 309. The molecule has 0 aromatic heterocycles. The number of fused-ring (bicyclic) bond motifs is 1. The summed E-state index contributed by atoms with van der Waals surface area (Å²) in [5.41, 5.74) is 0.499. The minimum absolute atomic E-state index is 0.000000000000000444. The van der Waals surface area contributed by atoms with Crippen LogP contribution in [0.5, 0.6) is 0 Å². The molecule has 1 fully saturated rings. The molecule has 2 rings (SSSR count). The first-order chi connectivity index (χ1) is 5.75. The molecule has 2 atom stereocenters. The minimum atomic E-state index is -0.0976. The summed E-state index contributed by atoms with van der Waals surface area (Å²) >= 11 is 4.95. The lowest BCUT2D eigenvalue weighted by Gasteiger charge is -2.45. The Kier molecular flexibility index (Phi) is 1.89. The molecule has 5 heteroatoms. The minimum Gasteiger partial charge on any atom is -0.288 e. The summed E-state index contributed by atoms with van der Waals surface area (Å²) in [5, 5.41) is 8.82. The van der Waals surface area contributed by atoms with E-state index >= 15 is 0 Å². The van der Waals surface area contributed by atoms with Gasteiger partial charge in [0.15, 0.2) is 0 Å². The Morgan fingerprint density at radius 1 is 1.83 bits per heavy atom. The number of nitrogens with zero attached hydrogens (tertiary/aromatic N) is 2. The number of allylic oxidation sites excluding steroid dienone is 1. The first-order valence-electron chi connectivity index (χ1n) is 3.44. The van der Waals surface area contributed by atoms with E-state index in [9.17, 15) is 4.79 Å². The van der Waals surface area contributed by atoms with E-state index in [1.54, 1.807) is 22.7 Å². The lowest BCUT2D eigenvalue weighted by atomic mass is 10.1. The summed E-state index contributed by atoms with van der Waals surface area (Å²) in [6.07, 6.45) is 1.79. The molecule has 2 aliphatic rings. The fraction of sp³-hybridized carbons (Fsp3) is 0.429. The van der Waals surface area contributed by atoms with Gasteiger partial charge >= 0.3 is 0 Å². The third-order valence-electron chi connectivity index (χ3n) is 1.90. The molecule has 3 nitrogen and oxygen atoms in total. The van der Waals surface area contributed by atoms with Crippen LogP contribution in [-0.2, 0) is 4.79 Å². The van der Waals surface area contributed by atoms with Crippen LogP contribution in [0.4, 0.5) is 0 Å². The number of rotatable bonds is 0. The zero-order valence-electron chi connectivity index (χ0n) is 6.03. The van der Waals surface area contributed by atoms with Crippen LogP contribution in [0.15, 0.2) is 11.8 Å². The van der Waals surface area contributed by atoms with Gasteiger partial charge in [-0.05, 0) is 6.08 Å². The molecule has 0 spiro atoms. The molecule has 0 unspecified atom stereocenters. The van der Waals surface area contributed by atoms with Crippen molar-refractivity contribution in [2.45, 2.75) is 10.2 Å². The van der Waals surface area contributed by atoms with Gasteiger partial charge in [0.1, 0.15) is 22.0 Å². The van der Waals surface area contributed by atoms with E-state index in [1.165, 1.54) is 0 Å². The molecule has 0 aromatic rings. The van der Waals surface area contributed by atoms with E-state index in [1.807, 2.05) is 6.07 Å². The predicted molar refractivity (Wildman–Crippen MR) is 49.5 cm³/mol. The number of thioether (sulfide) groups is 1. The van der Waals surface area contributed by atoms with E-state index in [0.29, 0.717) is 5.70 Å². The average Bonchev–Trinajstić information content (AvgIpc) is 2.15. The molecule has 0 aliphatic carbocycles. The summed E-state index contributed by atoms with van der Waals surface area (Å²) in [7, 11) is 0. The molecular formula is C7H5BrN2OS. The number of carbonyl (C=O) groups excluding carboxylic acids is 1. The Hall–Kier alpha value is -0.470. The number of hydrogen-bond acceptors (Lipinski definition) is 3. The van der Waals surface area contributed by atoms with Gasteiger partial charge in [0.05, 0.1) is 0 Å². The van der Waals surface area contributed by atoms with Gasteiger partial charge in [0.2, 0.25) is 5.91 Å². The van der Waals surface area contributed by atoms with Crippen LogP contribution in [0.2, 0.25) is 0 Å². The second-order valence-corrected chi connectivity index (χ2v) is 4.67. The molecule has 0 radical (unpaired) electrons. The van der Waals surface area contributed by atoms with Crippen molar-refractivity contribution in [2.75, 3.05) is 5.75 Å². The average molecular weight is 245 g/mol. The van der Waals surface area contributed by atoms with Gasteiger partial charge in [-0.25, -0.2) is 0 Å². The smallest absolute Gasteiger partial charge is 0.245 e. The van der Waals surface area contributed by atoms with Crippen LogP contribution in [0.1, 0.15) is 0 Å². The molecular weight excluding hydrogens is 240 g/mol. The van der Waals surface area contributed by atoms with Crippen molar-refractivity contribution in [3.05, 3.63) is 11.8 Å². The summed E-state index contributed by atoms with van der Waals surface area (Å²) in [6.45, 7) is 0. The van der Waals surface area contributed by atoms with Crippen molar-refractivity contribution in [1.82, 2.24) is 4.90 Å². The molecule has 0 saturated carbocycles. The van der Waals surface area contributed by atoms with Crippen molar-refractivity contribution in [1.29, 1.82) is 5.26 Å². The maximum Gasteiger partial charge on any atom is 0.245 e. The highest BCUT2D eigenvalue weighted by atomic mass is 79.9. The Morgan fingerprint density at radius 2 is 2.58 bits per heavy atom. The fourth-order valence-corrected chi connectivity index (χ4v) is 3.29. The highest BCUT2D eigenvalue weighted by Gasteiger charge is 2.49. The number of carbonyl (C=O) groups is 1. The van der Waals surface area contributed by atoms with Crippen LogP contribution in [0.25, 0.3) is 0 Å². The third-order valence-corrected chi connectivity index (χ3v) is 4.32. The normalized spacial score (nSPS) is 33.2. The van der Waals surface area contributed by atoms with Crippen LogP contribution < -0.4 is 0 Å². The Morgan fingerprint density at radius 3 is 3.25 bits per heavy atom. The molecule has 1 saturated heterocycles. The van der Waals surface area contributed by atoms with Gasteiger partial charge in [-0.2, -0.15) is 5.26 Å². The zero-order chi connectivity index (χ0) is 8.72. The largest absolute Gasteiger partial charge is 0.288 e. The van der Waals surface area contributed by atoms with E-state index < -0.39 is 0 Å². The van der Waals surface area contributed by atoms with E-state index in [4.69, 9.17) is 5.26 Å². The highest BCUT2D eigenvalue weighted by molar-refractivity contribution is 9.10. The van der Waals surface area contributed by atoms with Gasteiger partial charge in [-0.3, -0.25) is 9.69 Å². The number of β-lactam (4-membered cyclic amide) rings is 1. The van der Waals surface area contributed by atoms with Crippen LogP contribution in [0, 0.1) is 11.3 Å². The first-order valence-corrected chi connectivity index (χ1v) is 5.41. The van der Waals surface area contributed by atoms with Crippen LogP contribution in [-0.4, -0.2) is 26.8 Å². The fourth-order valence-electron chi connectivity index (χ4n) is 1.27. The molecule has 12 heavy (non-hydrogen) atoms. The van der Waals surface area contributed by atoms with Gasteiger partial charge in [0.25, 0.3) is 0 Å². The molecule has 62 valence electrons. The lowest BCUT2D eigenvalue weighted by molar-refractivity contribution is -0.136. The number of hydrogen-bond donors (Lipinski definition) is 0. The monoisotopic (exact) mass is 244 g/mol. The van der Waals surface area contributed by atoms with Crippen molar-refractivity contribution in [3.63, 3.8) is 0 Å². The molecule has 0 aromatic carbocycles. The van der Waals surface area contributed by atoms with E-state index in [-0.39, 0.29) is 16.1 Å². The van der Waals surface area contributed by atoms with Crippen molar-refractivity contribution >= 4 is 33.6 Å².